The van der Waals surface area contributed by atoms with Crippen LogP contribution in [0.1, 0.15) is 53.9 Å². The van der Waals surface area contributed by atoms with E-state index in [1.165, 1.54) is 17.0 Å². The summed E-state index contributed by atoms with van der Waals surface area (Å²) < 4.78 is 40.8. The van der Waals surface area contributed by atoms with E-state index >= 15 is 0 Å². The molecule has 1 saturated heterocycles. The van der Waals surface area contributed by atoms with Gasteiger partial charge in [-0.05, 0) is 76.3 Å². The summed E-state index contributed by atoms with van der Waals surface area (Å²) in [4.78, 5) is 41.2. The molecule has 12 nitrogen and oxygen atoms in total. The SMILES string of the molecule is CC(C)C[C@H](NS(=O)(=O)c1ccc2oc3cc(N4CCN(C(=O)OC(C)(C)C)CC4=O)ccc3c2c1)C(=O)NC1(N)CC1. The summed E-state index contributed by atoms with van der Waals surface area (Å²) in [7, 11) is -4.07. The molecule has 0 spiro atoms. The first-order valence-electron chi connectivity index (χ1n) is 14.4. The molecule has 0 bridgehead atoms. The van der Waals surface area contributed by atoms with Crippen LogP contribution in [-0.2, 0) is 24.3 Å². The first kappa shape index (κ1) is 30.8. The molecule has 2 heterocycles. The number of rotatable bonds is 8. The van der Waals surface area contributed by atoms with Crippen LogP contribution >= 0.6 is 0 Å². The third-order valence-electron chi connectivity index (χ3n) is 7.40. The van der Waals surface area contributed by atoms with Gasteiger partial charge in [0.2, 0.25) is 21.8 Å². The second-order valence-corrected chi connectivity index (χ2v) is 14.6. The molecule has 2 aromatic carbocycles. The smallest absolute Gasteiger partial charge is 0.410 e. The van der Waals surface area contributed by atoms with Crippen molar-refractivity contribution in [2.45, 2.75) is 76.1 Å². The number of hydrogen-bond donors (Lipinski definition) is 3. The number of hydrogen-bond acceptors (Lipinski definition) is 8. The predicted octanol–water partition coefficient (Wildman–Crippen LogP) is 3.43. The van der Waals surface area contributed by atoms with Crippen molar-refractivity contribution in [2.24, 2.45) is 11.7 Å². The van der Waals surface area contributed by atoms with E-state index in [1.54, 1.807) is 49.9 Å². The van der Waals surface area contributed by atoms with Crippen LogP contribution in [0.25, 0.3) is 21.9 Å². The van der Waals surface area contributed by atoms with Crippen molar-refractivity contribution >= 4 is 55.6 Å². The minimum Gasteiger partial charge on any atom is -0.456 e. The lowest BCUT2D eigenvalue weighted by molar-refractivity contribution is -0.124. The number of anilines is 1. The van der Waals surface area contributed by atoms with Crippen molar-refractivity contribution in [3.05, 3.63) is 36.4 Å². The van der Waals surface area contributed by atoms with Gasteiger partial charge >= 0.3 is 6.09 Å². The van der Waals surface area contributed by atoms with Crippen LogP contribution in [-0.4, -0.2) is 68.2 Å². The van der Waals surface area contributed by atoms with Crippen LogP contribution in [0.5, 0.6) is 0 Å². The lowest BCUT2D eigenvalue weighted by atomic mass is 10.0. The molecule has 1 saturated carbocycles. The molecule has 13 heteroatoms. The van der Waals surface area contributed by atoms with Gasteiger partial charge in [0.1, 0.15) is 29.4 Å². The number of carbonyl (C=O) groups excluding carboxylic acids is 3. The van der Waals surface area contributed by atoms with E-state index in [4.69, 9.17) is 14.9 Å². The van der Waals surface area contributed by atoms with Crippen LogP contribution in [0.2, 0.25) is 0 Å². The molecule has 1 aliphatic heterocycles. The topological polar surface area (TPSA) is 164 Å². The first-order valence-corrected chi connectivity index (χ1v) is 15.9. The Kier molecular flexibility index (Phi) is 7.95. The Balaban J connectivity index is 1.35. The number of piperazine rings is 1. The number of carbonyl (C=O) groups is 3. The maximum absolute atomic E-state index is 13.4. The molecule has 2 aliphatic rings. The third kappa shape index (κ3) is 6.94. The van der Waals surface area contributed by atoms with E-state index in [0.29, 0.717) is 53.4 Å². The molecule has 1 aromatic heterocycles. The normalized spacial score (nSPS) is 17.9. The number of sulfonamides is 1. The fourth-order valence-electron chi connectivity index (χ4n) is 5.04. The Hall–Kier alpha value is -3.68. The summed E-state index contributed by atoms with van der Waals surface area (Å²) in [5, 5.41) is 4.01. The zero-order chi connectivity index (χ0) is 31.3. The van der Waals surface area contributed by atoms with E-state index < -0.39 is 39.3 Å². The van der Waals surface area contributed by atoms with Gasteiger partial charge in [0.15, 0.2) is 0 Å². The zero-order valence-corrected chi connectivity index (χ0v) is 25.9. The summed E-state index contributed by atoms with van der Waals surface area (Å²) in [6, 6.07) is 8.82. The summed E-state index contributed by atoms with van der Waals surface area (Å²) >= 11 is 0. The van der Waals surface area contributed by atoms with Gasteiger partial charge in [-0.3, -0.25) is 14.5 Å². The van der Waals surface area contributed by atoms with Crippen molar-refractivity contribution in [3.63, 3.8) is 0 Å². The number of nitrogens with two attached hydrogens (primary N) is 1. The van der Waals surface area contributed by atoms with E-state index in [-0.39, 0.29) is 29.8 Å². The molecule has 232 valence electrons. The minimum atomic E-state index is -4.07. The standard InChI is InChI=1S/C30H39N5O7S/c1-18(2)14-23(27(37)32-30(31)10-11-30)33-43(39,40)20-7-9-24-22(16-20)21-8-6-19(15-25(21)41-24)35-13-12-34(17-26(35)36)28(38)42-29(3,4)5/h6-9,15-16,18,23,33H,10-14,17,31H2,1-5H3,(H,32,37)/t23-/m0/s1. The molecule has 43 heavy (non-hydrogen) atoms. The van der Waals surface area contributed by atoms with Gasteiger partial charge in [-0.2, -0.15) is 4.72 Å². The molecular formula is C30H39N5O7S. The fourth-order valence-corrected chi connectivity index (χ4v) is 6.27. The largest absolute Gasteiger partial charge is 0.456 e. The van der Waals surface area contributed by atoms with Crippen LogP contribution < -0.4 is 20.7 Å². The highest BCUT2D eigenvalue weighted by molar-refractivity contribution is 7.89. The zero-order valence-electron chi connectivity index (χ0n) is 25.1. The summed E-state index contributed by atoms with van der Waals surface area (Å²) in [6.45, 7) is 9.64. The maximum Gasteiger partial charge on any atom is 0.410 e. The number of furan rings is 1. The number of benzene rings is 2. The molecule has 2 fully saturated rings. The number of amides is 3. The van der Waals surface area contributed by atoms with E-state index in [1.807, 2.05) is 13.8 Å². The molecule has 0 unspecified atom stereocenters. The number of nitrogens with one attached hydrogen (secondary N) is 2. The second-order valence-electron chi connectivity index (χ2n) is 12.8. The summed E-state index contributed by atoms with van der Waals surface area (Å²) in [5.74, 6) is -0.636. The molecule has 3 amide bonds. The van der Waals surface area contributed by atoms with Gasteiger partial charge in [-0.15, -0.1) is 0 Å². The Morgan fingerprint density at radius 2 is 1.79 bits per heavy atom. The summed E-state index contributed by atoms with van der Waals surface area (Å²) in [5.41, 5.74) is 6.17. The molecule has 1 atom stereocenters. The second kappa shape index (κ2) is 11.1. The number of nitrogens with zero attached hydrogens (tertiary/aromatic N) is 2. The number of fused-ring (bicyclic) bond motifs is 3. The molecule has 5 rings (SSSR count). The van der Waals surface area contributed by atoms with Crippen LogP contribution in [0.3, 0.4) is 0 Å². The van der Waals surface area contributed by atoms with Crippen molar-refractivity contribution in [1.82, 2.24) is 14.9 Å². The fraction of sp³-hybridized carbons (Fsp3) is 0.500. The van der Waals surface area contributed by atoms with Crippen molar-refractivity contribution in [3.8, 4) is 0 Å². The van der Waals surface area contributed by atoms with E-state index in [0.717, 1.165) is 0 Å². The predicted molar refractivity (Wildman–Crippen MR) is 162 cm³/mol. The highest BCUT2D eigenvalue weighted by atomic mass is 32.2. The van der Waals surface area contributed by atoms with Gasteiger partial charge < -0.3 is 25.1 Å². The molecule has 3 aromatic rings. The van der Waals surface area contributed by atoms with Crippen molar-refractivity contribution in [2.75, 3.05) is 24.5 Å². The Morgan fingerprint density at radius 1 is 1.07 bits per heavy atom. The van der Waals surface area contributed by atoms with Crippen LogP contribution in [0.15, 0.2) is 45.7 Å². The van der Waals surface area contributed by atoms with Gasteiger partial charge in [0, 0.05) is 35.6 Å². The molecule has 0 radical (unpaired) electrons. The van der Waals surface area contributed by atoms with Crippen LogP contribution in [0.4, 0.5) is 10.5 Å². The average Bonchev–Trinajstić information content (AvgIpc) is 3.51. The quantitative estimate of drug-likeness (QED) is 0.325. The third-order valence-corrected chi connectivity index (χ3v) is 8.87. The van der Waals surface area contributed by atoms with Crippen molar-refractivity contribution in [1.29, 1.82) is 0 Å². The number of ether oxygens (including phenoxy) is 1. The molecule has 4 N–H and O–H groups in total. The van der Waals surface area contributed by atoms with Gasteiger partial charge in [-0.1, -0.05) is 13.8 Å². The average molecular weight is 614 g/mol. The van der Waals surface area contributed by atoms with E-state index in [9.17, 15) is 22.8 Å². The Labute approximate surface area is 250 Å². The first-order chi connectivity index (χ1) is 20.0. The highest BCUT2D eigenvalue weighted by Gasteiger charge is 2.41. The lowest BCUT2D eigenvalue weighted by Crippen LogP contribution is -2.53. The Morgan fingerprint density at radius 3 is 2.42 bits per heavy atom. The lowest BCUT2D eigenvalue weighted by Gasteiger charge is -2.35. The van der Waals surface area contributed by atoms with Crippen LogP contribution in [0, 0.1) is 5.92 Å². The van der Waals surface area contributed by atoms with Gasteiger partial charge in [0.05, 0.1) is 10.6 Å². The van der Waals surface area contributed by atoms with Gasteiger partial charge in [0.25, 0.3) is 0 Å². The minimum absolute atomic E-state index is 0.00402. The maximum atomic E-state index is 13.4. The van der Waals surface area contributed by atoms with Crippen molar-refractivity contribution < 1.29 is 32.0 Å². The molecule has 1 aliphatic carbocycles. The van der Waals surface area contributed by atoms with E-state index in [2.05, 4.69) is 10.0 Å². The highest BCUT2D eigenvalue weighted by Crippen LogP contribution is 2.34. The Bertz CT molecular complexity index is 1690. The van der Waals surface area contributed by atoms with Gasteiger partial charge in [-0.25, -0.2) is 13.2 Å². The monoisotopic (exact) mass is 613 g/mol. The summed E-state index contributed by atoms with van der Waals surface area (Å²) in [6.07, 6.45) is 1.09. The molecular weight excluding hydrogens is 574 g/mol.